The van der Waals surface area contributed by atoms with E-state index in [1.165, 1.54) is 0 Å². The van der Waals surface area contributed by atoms with Gasteiger partial charge >= 0.3 is 0 Å². The molecule has 0 aliphatic carbocycles. The molecule has 0 saturated carbocycles. The molecule has 0 fully saturated rings. The minimum atomic E-state index is -2.41. The number of rotatable bonds is 10. The van der Waals surface area contributed by atoms with Gasteiger partial charge in [0.1, 0.15) is 12.4 Å². The Kier molecular flexibility index (Phi) is 8.80. The summed E-state index contributed by atoms with van der Waals surface area (Å²) in [7, 11) is 1.64. The molecule has 0 saturated heterocycles. The average Bonchev–Trinajstić information content (AvgIpc) is 2.43. The predicted molar refractivity (Wildman–Crippen MR) is 83.3 cm³/mol. The number of hydrogen-bond acceptors (Lipinski definition) is 3. The highest BCUT2D eigenvalue weighted by atomic mass is 79.9. The highest BCUT2D eigenvalue weighted by molar-refractivity contribution is 9.10. The topological polar surface area (TPSA) is 30.5 Å². The van der Waals surface area contributed by atoms with Crippen LogP contribution in [-0.2, 0) is 11.2 Å². The fourth-order valence-electron chi connectivity index (χ4n) is 2.14. The van der Waals surface area contributed by atoms with Gasteiger partial charge in [-0.25, -0.2) is 8.78 Å². The van der Waals surface area contributed by atoms with Crippen LogP contribution in [0.5, 0.6) is 5.75 Å². The third-order valence-corrected chi connectivity index (χ3v) is 3.55. The molecule has 0 bridgehead atoms. The lowest BCUT2D eigenvalue weighted by Crippen LogP contribution is -2.32. The van der Waals surface area contributed by atoms with Crippen molar-refractivity contribution in [2.75, 3.05) is 26.9 Å². The maximum Gasteiger partial charge on any atom is 0.261 e. The second-order valence-corrected chi connectivity index (χ2v) is 5.59. The van der Waals surface area contributed by atoms with Crippen molar-refractivity contribution in [1.29, 1.82) is 0 Å². The Morgan fingerprint density at radius 3 is 2.71 bits per heavy atom. The molecule has 1 unspecified atom stereocenters. The second kappa shape index (κ2) is 10.1. The van der Waals surface area contributed by atoms with Crippen molar-refractivity contribution in [3.8, 4) is 5.75 Å². The first-order valence-corrected chi connectivity index (χ1v) is 7.77. The summed E-state index contributed by atoms with van der Waals surface area (Å²) in [6, 6.07) is 6.02. The van der Waals surface area contributed by atoms with Crippen molar-refractivity contribution >= 4 is 15.9 Å². The second-order valence-electron chi connectivity index (χ2n) is 4.67. The molecule has 0 amide bonds. The van der Waals surface area contributed by atoms with Crippen LogP contribution in [0.3, 0.4) is 0 Å². The fraction of sp³-hybridized carbons (Fsp3) is 0.600. The van der Waals surface area contributed by atoms with Crippen LogP contribution in [0, 0.1) is 0 Å². The van der Waals surface area contributed by atoms with E-state index in [1.54, 1.807) is 7.11 Å². The molecule has 1 N–H and O–H groups in total. The van der Waals surface area contributed by atoms with E-state index in [0.717, 1.165) is 28.8 Å². The zero-order chi connectivity index (χ0) is 15.7. The quantitative estimate of drug-likeness (QED) is 0.642. The molecular formula is C15H22BrF2NO2. The Bertz CT molecular complexity index is 419. The Morgan fingerprint density at radius 1 is 1.33 bits per heavy atom. The van der Waals surface area contributed by atoms with Crippen LogP contribution >= 0.6 is 15.9 Å². The van der Waals surface area contributed by atoms with Gasteiger partial charge in [-0.15, -0.1) is 0 Å². The average molecular weight is 366 g/mol. The maximum absolute atomic E-state index is 12.0. The first-order valence-electron chi connectivity index (χ1n) is 6.98. The summed E-state index contributed by atoms with van der Waals surface area (Å²) in [6.45, 7) is 2.65. The van der Waals surface area contributed by atoms with Gasteiger partial charge in [0.15, 0.2) is 0 Å². The van der Waals surface area contributed by atoms with E-state index in [2.05, 4.69) is 21.2 Å². The van der Waals surface area contributed by atoms with Crippen molar-refractivity contribution in [3.05, 3.63) is 28.2 Å². The number of methoxy groups -OCH3 is 1. The molecule has 1 rings (SSSR count). The number of benzene rings is 1. The molecule has 1 aromatic rings. The number of hydrogen-bond donors (Lipinski definition) is 1. The highest BCUT2D eigenvalue weighted by Crippen LogP contribution is 2.24. The van der Waals surface area contributed by atoms with E-state index in [4.69, 9.17) is 9.47 Å². The zero-order valence-electron chi connectivity index (χ0n) is 12.4. The van der Waals surface area contributed by atoms with Crippen LogP contribution < -0.4 is 10.1 Å². The molecule has 0 aliphatic rings. The first-order chi connectivity index (χ1) is 10.1. The number of likely N-dealkylation sites (N-methyl/N-ethyl adjacent to an activating group) is 1. The summed E-state index contributed by atoms with van der Waals surface area (Å²) in [4.78, 5) is 0. The van der Waals surface area contributed by atoms with E-state index in [9.17, 15) is 8.78 Å². The molecule has 1 atom stereocenters. The van der Waals surface area contributed by atoms with Gasteiger partial charge in [-0.05, 0) is 43.1 Å². The smallest absolute Gasteiger partial charge is 0.261 e. The lowest BCUT2D eigenvalue weighted by atomic mass is 10.0. The minimum Gasteiger partial charge on any atom is -0.496 e. The van der Waals surface area contributed by atoms with E-state index in [1.807, 2.05) is 25.1 Å². The van der Waals surface area contributed by atoms with Crippen LogP contribution in [0.2, 0.25) is 0 Å². The van der Waals surface area contributed by atoms with Crippen molar-refractivity contribution < 1.29 is 18.3 Å². The third kappa shape index (κ3) is 7.20. The largest absolute Gasteiger partial charge is 0.496 e. The van der Waals surface area contributed by atoms with Gasteiger partial charge < -0.3 is 14.8 Å². The summed E-state index contributed by atoms with van der Waals surface area (Å²) < 4.78 is 35.4. The van der Waals surface area contributed by atoms with Gasteiger partial charge in [-0.2, -0.15) is 0 Å². The molecule has 0 heterocycles. The van der Waals surface area contributed by atoms with Crippen molar-refractivity contribution in [1.82, 2.24) is 5.32 Å². The fourth-order valence-corrected chi connectivity index (χ4v) is 2.54. The SMILES string of the molecule is CCNC(CCOCC(F)F)Cc1cc(Br)ccc1OC. The first kappa shape index (κ1) is 18.3. The summed E-state index contributed by atoms with van der Waals surface area (Å²) in [5.74, 6) is 0.828. The standard InChI is InChI=1S/C15H22BrF2NO2/c1-3-19-13(6-7-21-10-15(17)18)9-11-8-12(16)4-5-14(11)20-2/h4-5,8,13,15,19H,3,6-7,9-10H2,1-2H3. The number of nitrogens with one attached hydrogen (secondary N) is 1. The number of alkyl halides is 2. The molecule has 1 aromatic carbocycles. The van der Waals surface area contributed by atoms with Gasteiger partial charge in [-0.1, -0.05) is 22.9 Å². The molecule has 6 heteroatoms. The molecule has 0 spiro atoms. The summed E-state index contributed by atoms with van der Waals surface area (Å²) in [5.41, 5.74) is 1.08. The van der Waals surface area contributed by atoms with Gasteiger partial charge in [0.25, 0.3) is 6.43 Å². The molecule has 3 nitrogen and oxygen atoms in total. The number of ether oxygens (including phenoxy) is 2. The summed E-state index contributed by atoms with van der Waals surface area (Å²) >= 11 is 3.45. The van der Waals surface area contributed by atoms with Crippen molar-refractivity contribution in [3.63, 3.8) is 0 Å². The van der Waals surface area contributed by atoms with E-state index >= 15 is 0 Å². The molecule has 21 heavy (non-hydrogen) atoms. The van der Waals surface area contributed by atoms with Crippen LogP contribution in [0.15, 0.2) is 22.7 Å². The third-order valence-electron chi connectivity index (χ3n) is 3.06. The zero-order valence-corrected chi connectivity index (χ0v) is 14.0. The Labute approximate surface area is 133 Å². The van der Waals surface area contributed by atoms with E-state index < -0.39 is 13.0 Å². The molecule has 120 valence electrons. The Balaban J connectivity index is 2.58. The monoisotopic (exact) mass is 365 g/mol. The van der Waals surface area contributed by atoms with Crippen LogP contribution in [-0.4, -0.2) is 39.3 Å². The van der Waals surface area contributed by atoms with Gasteiger partial charge in [0.05, 0.1) is 7.11 Å². The predicted octanol–water partition coefficient (Wildman–Crippen LogP) is 3.65. The molecule has 0 aromatic heterocycles. The van der Waals surface area contributed by atoms with Gasteiger partial charge in [0, 0.05) is 17.1 Å². The summed E-state index contributed by atoms with van der Waals surface area (Å²) in [5, 5.41) is 3.35. The van der Waals surface area contributed by atoms with Crippen molar-refractivity contribution in [2.45, 2.75) is 32.2 Å². The van der Waals surface area contributed by atoms with Gasteiger partial charge in [0.2, 0.25) is 0 Å². The minimum absolute atomic E-state index is 0.163. The molecular weight excluding hydrogens is 344 g/mol. The van der Waals surface area contributed by atoms with Crippen LogP contribution in [0.1, 0.15) is 18.9 Å². The van der Waals surface area contributed by atoms with E-state index in [0.29, 0.717) is 13.0 Å². The molecule has 0 radical (unpaired) electrons. The number of halogens is 3. The normalized spacial score (nSPS) is 12.7. The van der Waals surface area contributed by atoms with Crippen LogP contribution in [0.25, 0.3) is 0 Å². The van der Waals surface area contributed by atoms with E-state index in [-0.39, 0.29) is 6.04 Å². The molecule has 0 aliphatic heterocycles. The lowest BCUT2D eigenvalue weighted by molar-refractivity contribution is 0.0144. The van der Waals surface area contributed by atoms with Crippen molar-refractivity contribution in [2.24, 2.45) is 0 Å². The Morgan fingerprint density at radius 2 is 2.10 bits per heavy atom. The lowest BCUT2D eigenvalue weighted by Gasteiger charge is -2.19. The summed E-state index contributed by atoms with van der Waals surface area (Å²) in [6.07, 6.45) is -0.974. The van der Waals surface area contributed by atoms with Crippen LogP contribution in [0.4, 0.5) is 8.78 Å². The Hall–Kier alpha value is -0.720. The maximum atomic E-state index is 12.0. The highest BCUT2D eigenvalue weighted by Gasteiger charge is 2.13. The van der Waals surface area contributed by atoms with Gasteiger partial charge in [-0.3, -0.25) is 0 Å².